The third-order valence-corrected chi connectivity index (χ3v) is 1.20. The highest BCUT2D eigenvalue weighted by Gasteiger charge is 1.78. The van der Waals surface area contributed by atoms with Crippen LogP contribution in [0.5, 0.6) is 0 Å². The van der Waals surface area contributed by atoms with Gasteiger partial charge in [0, 0.05) is 0 Å². The fraction of sp³-hybridized carbons (Fsp3) is 0.400. The predicted molar refractivity (Wildman–Crippen MR) is 46.7 cm³/mol. The van der Waals surface area contributed by atoms with E-state index in [4.69, 9.17) is 0 Å². The first-order chi connectivity index (χ1) is 4.66. The van der Waals surface area contributed by atoms with Crippen LogP contribution in [0.15, 0.2) is 29.9 Å². The molecule has 0 aromatic carbocycles. The molecule has 0 aliphatic heterocycles. The number of allylic oxidation sites excluding steroid dienone is 5. The molecular weight excluding hydrogens is 120 g/mol. The first-order valence-electron chi connectivity index (χ1n) is 3.50. The number of hydrogen-bond donors (Lipinski definition) is 0. The van der Waals surface area contributed by atoms with Crippen LogP contribution in [0.1, 0.15) is 27.2 Å². The molecule has 0 amide bonds. The van der Waals surface area contributed by atoms with Crippen molar-refractivity contribution in [3.8, 4) is 0 Å². The van der Waals surface area contributed by atoms with Crippen molar-refractivity contribution in [2.24, 2.45) is 0 Å². The molecule has 0 atom stereocenters. The molecule has 0 rings (SSSR count). The molecule has 0 aliphatic rings. The fourth-order valence-corrected chi connectivity index (χ4v) is 0.499. The molecular formula is C10H15. The molecule has 0 saturated carbocycles. The quantitative estimate of drug-likeness (QED) is 0.521. The number of hydrogen-bond acceptors (Lipinski definition) is 0. The van der Waals surface area contributed by atoms with E-state index >= 15 is 0 Å². The van der Waals surface area contributed by atoms with Crippen LogP contribution in [0.2, 0.25) is 0 Å². The molecule has 0 aromatic rings. The Hall–Kier alpha value is -0.780. The molecule has 1 radical (unpaired) electrons. The lowest BCUT2D eigenvalue weighted by Crippen LogP contribution is -1.69. The molecule has 0 aromatic heterocycles. The summed E-state index contributed by atoms with van der Waals surface area (Å²) in [5.74, 6) is 0. The average Bonchev–Trinajstić information content (AvgIpc) is 1.87. The molecule has 0 unspecified atom stereocenters. The van der Waals surface area contributed by atoms with Gasteiger partial charge in [-0.2, -0.15) is 0 Å². The summed E-state index contributed by atoms with van der Waals surface area (Å²) in [6, 6.07) is 0. The van der Waals surface area contributed by atoms with Crippen molar-refractivity contribution in [1.82, 2.24) is 0 Å². The summed E-state index contributed by atoms with van der Waals surface area (Å²) in [6.45, 7) is 9.80. The van der Waals surface area contributed by atoms with E-state index in [-0.39, 0.29) is 0 Å². The van der Waals surface area contributed by atoms with Gasteiger partial charge in [-0.05, 0) is 33.3 Å². The summed E-state index contributed by atoms with van der Waals surface area (Å²) >= 11 is 0. The Labute approximate surface area is 64.0 Å². The van der Waals surface area contributed by atoms with Crippen LogP contribution < -0.4 is 0 Å². The molecule has 0 fully saturated rings. The van der Waals surface area contributed by atoms with E-state index in [2.05, 4.69) is 32.6 Å². The van der Waals surface area contributed by atoms with Crippen LogP contribution in [0.4, 0.5) is 0 Å². The van der Waals surface area contributed by atoms with Crippen LogP contribution in [-0.4, -0.2) is 0 Å². The minimum Gasteiger partial charge on any atom is -0.0988 e. The maximum absolute atomic E-state index is 3.66. The molecule has 0 N–H and O–H groups in total. The lowest BCUT2D eigenvalue weighted by Gasteiger charge is -1.88. The van der Waals surface area contributed by atoms with Crippen molar-refractivity contribution in [3.63, 3.8) is 0 Å². The second kappa shape index (κ2) is 5.04. The van der Waals surface area contributed by atoms with Gasteiger partial charge in [0.2, 0.25) is 0 Å². The topological polar surface area (TPSA) is 0 Å². The maximum atomic E-state index is 3.66. The summed E-state index contributed by atoms with van der Waals surface area (Å²) < 4.78 is 0. The van der Waals surface area contributed by atoms with Gasteiger partial charge in [-0.3, -0.25) is 0 Å². The van der Waals surface area contributed by atoms with Gasteiger partial charge < -0.3 is 0 Å². The Morgan fingerprint density at radius 3 is 2.40 bits per heavy atom. The predicted octanol–water partition coefficient (Wildman–Crippen LogP) is 3.28. The van der Waals surface area contributed by atoms with Crippen LogP contribution in [0, 0.1) is 6.08 Å². The lowest BCUT2D eigenvalue weighted by atomic mass is 10.2. The van der Waals surface area contributed by atoms with Crippen LogP contribution in [-0.2, 0) is 0 Å². The van der Waals surface area contributed by atoms with Gasteiger partial charge in [-0.25, -0.2) is 0 Å². The molecule has 0 bridgehead atoms. The zero-order valence-corrected chi connectivity index (χ0v) is 7.07. The highest BCUT2D eigenvalue weighted by Crippen LogP contribution is 1.98. The summed E-state index contributed by atoms with van der Waals surface area (Å²) in [6.07, 6.45) is 8.07. The third kappa shape index (κ3) is 5.36. The standard InChI is InChI=1S/C10H15/c1-5-10(4)8-6-7-9(2)3/h5,8H,1,6H2,2-4H3. The molecule has 0 saturated heterocycles. The van der Waals surface area contributed by atoms with E-state index in [9.17, 15) is 0 Å². The van der Waals surface area contributed by atoms with E-state index in [1.807, 2.05) is 13.0 Å². The molecule has 55 valence electrons. The van der Waals surface area contributed by atoms with E-state index in [0.29, 0.717) is 0 Å². The smallest absolute Gasteiger partial charge is 0.00896 e. The number of rotatable bonds is 3. The molecule has 0 spiro atoms. The molecule has 0 aliphatic carbocycles. The second-order valence-corrected chi connectivity index (χ2v) is 2.53. The molecule has 10 heavy (non-hydrogen) atoms. The zero-order chi connectivity index (χ0) is 7.98. The Balaban J connectivity index is 3.74. The molecule has 0 heteroatoms. The summed E-state index contributed by atoms with van der Waals surface area (Å²) in [4.78, 5) is 0. The lowest BCUT2D eigenvalue weighted by molar-refractivity contribution is 1.22. The largest absolute Gasteiger partial charge is 0.0988 e. The van der Waals surface area contributed by atoms with Crippen molar-refractivity contribution in [1.29, 1.82) is 0 Å². The summed E-state index contributed by atoms with van der Waals surface area (Å²) in [5, 5.41) is 0. The van der Waals surface area contributed by atoms with E-state index in [1.54, 1.807) is 0 Å². The minimum absolute atomic E-state index is 0.903. The highest BCUT2D eigenvalue weighted by molar-refractivity contribution is 5.13. The van der Waals surface area contributed by atoms with Crippen molar-refractivity contribution in [2.75, 3.05) is 0 Å². The van der Waals surface area contributed by atoms with Gasteiger partial charge in [0.1, 0.15) is 0 Å². The van der Waals surface area contributed by atoms with Crippen LogP contribution in [0.25, 0.3) is 0 Å². The minimum atomic E-state index is 0.903. The SMILES string of the molecule is C=CC(C)=CC[C]=C(C)C. The molecule has 0 heterocycles. The normalized spacial score (nSPS) is 10.9. The maximum Gasteiger partial charge on any atom is -0.00896 e. The van der Waals surface area contributed by atoms with Crippen molar-refractivity contribution in [2.45, 2.75) is 27.2 Å². The van der Waals surface area contributed by atoms with E-state index in [1.165, 1.54) is 11.1 Å². The fourth-order valence-electron chi connectivity index (χ4n) is 0.499. The van der Waals surface area contributed by atoms with E-state index < -0.39 is 0 Å². The van der Waals surface area contributed by atoms with Gasteiger partial charge in [0.05, 0.1) is 0 Å². The average molecular weight is 135 g/mol. The first kappa shape index (κ1) is 9.22. The van der Waals surface area contributed by atoms with Crippen LogP contribution in [0.3, 0.4) is 0 Å². The summed E-state index contributed by atoms with van der Waals surface area (Å²) in [5.41, 5.74) is 2.46. The molecule has 0 nitrogen and oxygen atoms in total. The van der Waals surface area contributed by atoms with E-state index in [0.717, 1.165) is 6.42 Å². The van der Waals surface area contributed by atoms with Crippen LogP contribution >= 0.6 is 0 Å². The Kier molecular flexibility index (Phi) is 4.65. The van der Waals surface area contributed by atoms with Gasteiger partial charge in [-0.15, -0.1) is 0 Å². The monoisotopic (exact) mass is 135 g/mol. The first-order valence-corrected chi connectivity index (χ1v) is 3.50. The Morgan fingerprint density at radius 1 is 1.40 bits per heavy atom. The Morgan fingerprint density at radius 2 is 2.00 bits per heavy atom. The van der Waals surface area contributed by atoms with Gasteiger partial charge in [-0.1, -0.05) is 29.9 Å². The van der Waals surface area contributed by atoms with Gasteiger partial charge >= 0.3 is 0 Å². The zero-order valence-electron chi connectivity index (χ0n) is 7.07. The summed E-state index contributed by atoms with van der Waals surface area (Å²) in [7, 11) is 0. The Bertz CT molecular complexity index is 155. The van der Waals surface area contributed by atoms with Crippen molar-refractivity contribution >= 4 is 0 Å². The third-order valence-electron chi connectivity index (χ3n) is 1.20. The second-order valence-electron chi connectivity index (χ2n) is 2.53. The highest BCUT2D eigenvalue weighted by atomic mass is 13.8. The van der Waals surface area contributed by atoms with Crippen molar-refractivity contribution < 1.29 is 0 Å². The van der Waals surface area contributed by atoms with Gasteiger partial charge in [0.15, 0.2) is 0 Å². The van der Waals surface area contributed by atoms with Crippen molar-refractivity contribution in [3.05, 3.63) is 36.0 Å². The van der Waals surface area contributed by atoms with Gasteiger partial charge in [0.25, 0.3) is 0 Å².